The smallest absolute Gasteiger partial charge is 0.244 e. The van der Waals surface area contributed by atoms with Crippen molar-refractivity contribution in [1.29, 1.82) is 0 Å². The van der Waals surface area contributed by atoms with Gasteiger partial charge >= 0.3 is 0 Å². The number of rotatable bonds is 6. The highest BCUT2D eigenvalue weighted by atomic mass is 19.1. The first-order valence-corrected chi connectivity index (χ1v) is 9.04. The van der Waals surface area contributed by atoms with Crippen LogP contribution in [-0.2, 0) is 9.53 Å². The summed E-state index contributed by atoms with van der Waals surface area (Å²) < 4.78 is 32.5. The molecule has 0 saturated carbocycles. The molecule has 0 radical (unpaired) electrons. The highest BCUT2D eigenvalue weighted by molar-refractivity contribution is 5.92. The van der Waals surface area contributed by atoms with Crippen molar-refractivity contribution in [3.63, 3.8) is 0 Å². The molecule has 0 aliphatic carbocycles. The summed E-state index contributed by atoms with van der Waals surface area (Å²) >= 11 is 0. The maximum absolute atomic E-state index is 14.3. The molecule has 0 unspecified atom stereocenters. The normalized spacial score (nSPS) is 15.6. The van der Waals surface area contributed by atoms with E-state index in [9.17, 15) is 18.7 Å². The molecule has 2 aromatic rings. The third kappa shape index (κ3) is 5.15. The number of nitrogens with zero attached hydrogens (tertiary/aromatic N) is 1. The minimum Gasteiger partial charge on any atom is -0.394 e. The summed E-state index contributed by atoms with van der Waals surface area (Å²) in [4.78, 5) is 14.1. The van der Waals surface area contributed by atoms with Gasteiger partial charge < -0.3 is 20.1 Å². The highest BCUT2D eigenvalue weighted by Crippen LogP contribution is 2.25. The van der Waals surface area contributed by atoms with Gasteiger partial charge in [-0.3, -0.25) is 4.79 Å². The predicted octanol–water partition coefficient (Wildman–Crippen LogP) is 2.66. The Labute approximate surface area is 162 Å². The van der Waals surface area contributed by atoms with Gasteiger partial charge in [0.15, 0.2) is 0 Å². The number of halogens is 2. The van der Waals surface area contributed by atoms with Crippen molar-refractivity contribution in [2.75, 3.05) is 37.8 Å². The first-order chi connectivity index (χ1) is 13.6. The van der Waals surface area contributed by atoms with Crippen molar-refractivity contribution < 1.29 is 23.4 Å². The van der Waals surface area contributed by atoms with E-state index >= 15 is 0 Å². The molecule has 5 nitrogen and oxygen atoms in total. The molecule has 7 heteroatoms. The molecule has 1 aliphatic heterocycles. The monoisotopic (exact) mass is 388 g/mol. The van der Waals surface area contributed by atoms with Crippen molar-refractivity contribution in [3.8, 4) is 0 Å². The molecule has 0 bridgehead atoms. The molecule has 1 atom stereocenters. The van der Waals surface area contributed by atoms with Crippen molar-refractivity contribution in [3.05, 3.63) is 71.3 Å². The number of hydrogen-bond acceptors (Lipinski definition) is 4. The zero-order valence-electron chi connectivity index (χ0n) is 15.3. The summed E-state index contributed by atoms with van der Waals surface area (Å²) in [5.74, 6) is -1.13. The second-order valence-electron chi connectivity index (χ2n) is 6.44. The van der Waals surface area contributed by atoms with Crippen molar-refractivity contribution in [1.82, 2.24) is 5.32 Å². The number of carbonyl (C=O) groups excluding carboxylic acids is 1. The van der Waals surface area contributed by atoms with E-state index in [4.69, 9.17) is 4.74 Å². The van der Waals surface area contributed by atoms with Gasteiger partial charge in [-0.15, -0.1) is 0 Å². The topological polar surface area (TPSA) is 61.8 Å². The highest BCUT2D eigenvalue weighted by Gasteiger charge is 2.19. The third-order valence-electron chi connectivity index (χ3n) is 4.52. The Morgan fingerprint density at radius 2 is 1.89 bits per heavy atom. The van der Waals surface area contributed by atoms with Gasteiger partial charge in [0.1, 0.15) is 11.6 Å². The number of aliphatic hydroxyl groups is 1. The summed E-state index contributed by atoms with van der Waals surface area (Å²) in [7, 11) is 0. The summed E-state index contributed by atoms with van der Waals surface area (Å²) in [6.45, 7) is 1.88. The zero-order chi connectivity index (χ0) is 19.9. The number of anilines is 1. The second kappa shape index (κ2) is 9.43. The maximum Gasteiger partial charge on any atom is 0.244 e. The van der Waals surface area contributed by atoms with Crippen molar-refractivity contribution in [2.24, 2.45) is 0 Å². The quantitative estimate of drug-likeness (QED) is 0.747. The van der Waals surface area contributed by atoms with E-state index in [1.807, 2.05) is 4.90 Å². The molecule has 1 amide bonds. The van der Waals surface area contributed by atoms with Crippen LogP contribution in [-0.4, -0.2) is 43.9 Å². The average molecular weight is 388 g/mol. The average Bonchev–Trinajstić information content (AvgIpc) is 2.73. The summed E-state index contributed by atoms with van der Waals surface area (Å²) in [6, 6.07) is 9.57. The molecule has 3 rings (SSSR count). The number of nitrogens with one attached hydrogen (secondary N) is 1. The fourth-order valence-electron chi connectivity index (χ4n) is 2.99. The Morgan fingerprint density at radius 3 is 2.57 bits per heavy atom. The first-order valence-electron chi connectivity index (χ1n) is 9.04. The largest absolute Gasteiger partial charge is 0.394 e. The molecular weight excluding hydrogens is 366 g/mol. The van der Waals surface area contributed by atoms with Crippen molar-refractivity contribution >= 4 is 17.7 Å². The lowest BCUT2D eigenvalue weighted by Crippen LogP contribution is -2.37. The minimum absolute atomic E-state index is 0.329. The van der Waals surface area contributed by atoms with Crippen molar-refractivity contribution in [2.45, 2.75) is 6.04 Å². The Morgan fingerprint density at radius 1 is 1.18 bits per heavy atom. The standard InChI is InChI=1S/C21H22F2N2O3/c22-17-5-1-15(2-6-17)3-8-21(27)24-19(14-26)16-4-7-18(23)20(13-16)25-9-11-28-12-10-25/h1-8,13,19,26H,9-12,14H2,(H,24,27)/t19-/m0/s1. The van der Waals surface area contributed by atoms with Crippen LogP contribution in [0.1, 0.15) is 17.2 Å². The molecule has 0 aromatic heterocycles. The van der Waals surface area contributed by atoms with Crippen LogP contribution in [0.15, 0.2) is 48.5 Å². The van der Waals surface area contributed by atoms with E-state index in [0.717, 1.165) is 0 Å². The molecule has 1 aliphatic rings. The Kier molecular flexibility index (Phi) is 6.73. The number of benzene rings is 2. The summed E-state index contributed by atoms with van der Waals surface area (Å²) in [5, 5.41) is 12.4. The SMILES string of the molecule is O=C(C=Cc1ccc(F)cc1)N[C@@H](CO)c1ccc(F)c(N2CCOCC2)c1. The lowest BCUT2D eigenvalue weighted by atomic mass is 10.1. The molecule has 0 spiro atoms. The van der Waals surface area contributed by atoms with Crippen LogP contribution in [0.2, 0.25) is 0 Å². The van der Waals surface area contributed by atoms with Gasteiger partial charge in [0.05, 0.1) is 31.5 Å². The maximum atomic E-state index is 14.3. The van der Waals surface area contributed by atoms with Crippen LogP contribution in [0.25, 0.3) is 6.08 Å². The number of hydrogen-bond donors (Lipinski definition) is 2. The van der Waals surface area contributed by atoms with Crippen LogP contribution >= 0.6 is 0 Å². The minimum atomic E-state index is -0.675. The lowest BCUT2D eigenvalue weighted by Gasteiger charge is -2.30. The molecule has 2 aromatic carbocycles. The lowest BCUT2D eigenvalue weighted by molar-refractivity contribution is -0.117. The molecular formula is C21H22F2N2O3. The number of ether oxygens (including phenoxy) is 1. The van der Waals surface area contributed by atoms with Crippen LogP contribution < -0.4 is 10.2 Å². The van der Waals surface area contributed by atoms with Gasteiger partial charge in [0.25, 0.3) is 0 Å². The van der Waals surface area contributed by atoms with Crippen LogP contribution in [0.3, 0.4) is 0 Å². The summed E-state index contributed by atoms with van der Waals surface area (Å²) in [6.07, 6.45) is 2.86. The Balaban J connectivity index is 1.70. The van der Waals surface area contributed by atoms with Crippen LogP contribution in [0.5, 0.6) is 0 Å². The second-order valence-corrected chi connectivity index (χ2v) is 6.44. The van der Waals surface area contributed by atoms with Crippen LogP contribution in [0, 0.1) is 11.6 Å². The molecule has 28 heavy (non-hydrogen) atoms. The van der Waals surface area contributed by atoms with E-state index in [0.29, 0.717) is 43.1 Å². The van der Waals surface area contributed by atoms with Gasteiger partial charge in [0, 0.05) is 19.2 Å². The van der Waals surface area contributed by atoms with E-state index in [-0.39, 0.29) is 18.2 Å². The molecule has 2 N–H and O–H groups in total. The Hall–Kier alpha value is -2.77. The number of amides is 1. The first kappa shape index (κ1) is 20.0. The number of morpholine rings is 1. The van der Waals surface area contributed by atoms with E-state index in [1.54, 1.807) is 30.3 Å². The molecule has 148 valence electrons. The van der Waals surface area contributed by atoms with E-state index in [1.165, 1.54) is 24.3 Å². The van der Waals surface area contributed by atoms with Gasteiger partial charge in [-0.2, -0.15) is 0 Å². The molecule has 1 saturated heterocycles. The zero-order valence-corrected chi connectivity index (χ0v) is 15.3. The van der Waals surface area contributed by atoms with E-state index in [2.05, 4.69) is 5.32 Å². The predicted molar refractivity (Wildman–Crippen MR) is 103 cm³/mol. The van der Waals surface area contributed by atoms with Gasteiger partial charge in [-0.25, -0.2) is 8.78 Å². The molecule has 1 fully saturated rings. The van der Waals surface area contributed by atoms with Crippen LogP contribution in [0.4, 0.5) is 14.5 Å². The fourth-order valence-corrected chi connectivity index (χ4v) is 2.99. The fraction of sp³-hybridized carbons (Fsp3) is 0.286. The van der Waals surface area contributed by atoms with Gasteiger partial charge in [-0.05, 0) is 41.5 Å². The van der Waals surface area contributed by atoms with Gasteiger partial charge in [-0.1, -0.05) is 18.2 Å². The summed E-state index contributed by atoms with van der Waals surface area (Å²) in [5.41, 5.74) is 1.71. The Bertz CT molecular complexity index is 834. The molecule has 1 heterocycles. The number of aliphatic hydroxyl groups excluding tert-OH is 1. The van der Waals surface area contributed by atoms with E-state index < -0.39 is 11.9 Å². The van der Waals surface area contributed by atoms with Gasteiger partial charge in [0.2, 0.25) is 5.91 Å². The number of carbonyl (C=O) groups is 1. The third-order valence-corrected chi connectivity index (χ3v) is 4.52.